The molecule has 3 nitrogen and oxygen atoms in total. The minimum atomic E-state index is -2.60. The van der Waals surface area contributed by atoms with Gasteiger partial charge in [0.15, 0.2) is 0 Å². The summed E-state index contributed by atoms with van der Waals surface area (Å²) < 4.78 is 7.38. The van der Waals surface area contributed by atoms with Gasteiger partial charge in [0, 0.05) is 22.7 Å². The maximum atomic E-state index is 8.86. The van der Waals surface area contributed by atoms with Crippen LogP contribution >= 0.6 is 11.6 Å². The zero-order valence-electron chi connectivity index (χ0n) is 21.3. The molecule has 3 aromatic carbocycles. The Morgan fingerprint density at radius 3 is 2.11 bits per heavy atom. The van der Waals surface area contributed by atoms with E-state index in [2.05, 4.69) is 86.8 Å². The molecule has 0 radical (unpaired) electrons. The van der Waals surface area contributed by atoms with E-state index in [-0.39, 0.29) is 17.1 Å². The molecule has 1 fully saturated rings. The van der Waals surface area contributed by atoms with Crippen LogP contribution in [0.4, 0.5) is 5.69 Å². The first kappa shape index (κ1) is 25.7. The average molecular weight is 505 g/mol. The summed E-state index contributed by atoms with van der Waals surface area (Å²) in [6, 6.07) is 27.5. The van der Waals surface area contributed by atoms with Crippen LogP contribution in [0.1, 0.15) is 52.0 Å². The predicted octanol–water partition coefficient (Wildman–Crippen LogP) is 7.17. The number of aryl methyl sites for hydroxylation is 1. The predicted molar refractivity (Wildman–Crippen MR) is 152 cm³/mol. The Morgan fingerprint density at radius 2 is 1.54 bits per heavy atom. The fraction of sp³-hybridized carbons (Fsp3) is 0.367. The number of rotatable bonds is 6. The highest BCUT2D eigenvalue weighted by atomic mass is 35.5. The van der Waals surface area contributed by atoms with Crippen molar-refractivity contribution in [2.45, 2.75) is 64.5 Å². The number of hydrogen-bond acceptors (Lipinski definition) is 2. The zero-order chi connectivity index (χ0) is 25.1. The molecule has 1 aliphatic carbocycles. The lowest BCUT2D eigenvalue weighted by Gasteiger charge is -2.46. The van der Waals surface area contributed by atoms with Crippen LogP contribution in [0.3, 0.4) is 0 Å². The van der Waals surface area contributed by atoms with Crippen molar-refractivity contribution in [1.29, 1.82) is 5.41 Å². The maximum absolute atomic E-state index is 8.86. The molecule has 2 N–H and O–H groups in total. The van der Waals surface area contributed by atoms with Gasteiger partial charge in [-0.2, -0.15) is 0 Å². The summed E-state index contributed by atoms with van der Waals surface area (Å²) in [5.74, 6) is 0.705. The van der Waals surface area contributed by atoms with E-state index in [0.29, 0.717) is 10.9 Å². The molecule has 0 aliphatic heterocycles. The highest BCUT2D eigenvalue weighted by Crippen LogP contribution is 2.40. The third-order valence-electron chi connectivity index (χ3n) is 7.26. The number of benzene rings is 3. The standard InChI is InChI=1S/C30H37ClN2OSi/c1-22-18-19-24(31)21-28(22)33-29(32)23-12-11-13-25(20-23)34-35(30(2,3)4,26-14-7-5-8-15-26)27-16-9-6-10-17-27/h5-10,14-19,21,23,25H,11-13,20H2,1-4H3,(H2,32,33). The lowest BCUT2D eigenvalue weighted by Crippen LogP contribution is -2.68. The van der Waals surface area contributed by atoms with Crippen LogP contribution in [0, 0.1) is 18.3 Å². The van der Waals surface area contributed by atoms with E-state index < -0.39 is 8.32 Å². The fourth-order valence-corrected chi connectivity index (χ4v) is 10.3. The van der Waals surface area contributed by atoms with E-state index in [1.807, 2.05) is 25.1 Å². The molecule has 1 aliphatic rings. The fourth-order valence-electron chi connectivity index (χ4n) is 5.43. The molecular weight excluding hydrogens is 468 g/mol. The number of halogens is 1. The maximum Gasteiger partial charge on any atom is 0.261 e. The van der Waals surface area contributed by atoms with Gasteiger partial charge in [-0.25, -0.2) is 0 Å². The average Bonchev–Trinajstić information content (AvgIpc) is 2.85. The lowest BCUT2D eigenvalue weighted by atomic mass is 9.86. The molecule has 35 heavy (non-hydrogen) atoms. The molecule has 0 amide bonds. The van der Waals surface area contributed by atoms with E-state index in [4.69, 9.17) is 21.4 Å². The van der Waals surface area contributed by atoms with Gasteiger partial charge in [-0.3, -0.25) is 5.41 Å². The molecule has 0 spiro atoms. The number of nitrogens with one attached hydrogen (secondary N) is 2. The summed E-state index contributed by atoms with van der Waals surface area (Å²) in [5.41, 5.74) is 2.01. The minimum Gasteiger partial charge on any atom is -0.404 e. The van der Waals surface area contributed by atoms with Crippen molar-refractivity contribution in [3.8, 4) is 0 Å². The Kier molecular flexibility index (Phi) is 7.85. The first-order valence-electron chi connectivity index (χ1n) is 12.6. The van der Waals surface area contributed by atoms with Gasteiger partial charge in [-0.05, 0) is 59.3 Å². The Hall–Kier alpha value is -2.40. The van der Waals surface area contributed by atoms with Crippen LogP contribution in [0.15, 0.2) is 78.9 Å². The van der Waals surface area contributed by atoms with Crippen LogP contribution in [0.25, 0.3) is 0 Å². The van der Waals surface area contributed by atoms with Crippen LogP contribution in [-0.2, 0) is 4.43 Å². The summed E-state index contributed by atoms with van der Waals surface area (Å²) >= 11 is 6.22. The smallest absolute Gasteiger partial charge is 0.261 e. The number of amidine groups is 1. The summed E-state index contributed by atoms with van der Waals surface area (Å²) in [6.45, 7) is 9.02. The van der Waals surface area contributed by atoms with E-state index in [1.165, 1.54) is 10.4 Å². The number of hydrogen-bond donors (Lipinski definition) is 2. The van der Waals surface area contributed by atoms with Gasteiger partial charge in [-0.15, -0.1) is 0 Å². The van der Waals surface area contributed by atoms with Gasteiger partial charge in [-0.1, -0.05) is 106 Å². The zero-order valence-corrected chi connectivity index (χ0v) is 23.0. The molecular formula is C30H37ClN2OSi. The number of anilines is 1. The van der Waals surface area contributed by atoms with Crippen LogP contribution in [0.2, 0.25) is 10.1 Å². The first-order chi connectivity index (χ1) is 16.7. The molecule has 184 valence electrons. The van der Waals surface area contributed by atoms with Gasteiger partial charge < -0.3 is 9.74 Å². The Balaban J connectivity index is 1.62. The molecule has 3 aromatic rings. The largest absolute Gasteiger partial charge is 0.404 e. The van der Waals surface area contributed by atoms with Crippen LogP contribution in [-0.4, -0.2) is 20.3 Å². The quantitative estimate of drug-likeness (QED) is 0.212. The van der Waals surface area contributed by atoms with Crippen molar-refractivity contribution in [3.63, 3.8) is 0 Å². The SMILES string of the molecule is Cc1ccc(Cl)cc1NC(=N)C1CCCC(O[Si](c2ccccc2)(c2ccccc2)C(C)(C)C)C1. The van der Waals surface area contributed by atoms with Gasteiger partial charge in [0.05, 0.1) is 0 Å². The molecule has 0 heterocycles. The normalized spacial score (nSPS) is 18.8. The molecule has 1 saturated carbocycles. The molecule has 5 heteroatoms. The summed E-state index contributed by atoms with van der Waals surface area (Å²) in [7, 11) is -2.60. The minimum absolute atomic E-state index is 0.0493. The monoisotopic (exact) mass is 504 g/mol. The van der Waals surface area contributed by atoms with E-state index in [9.17, 15) is 0 Å². The molecule has 4 rings (SSSR count). The third kappa shape index (κ3) is 5.55. The van der Waals surface area contributed by atoms with Crippen molar-refractivity contribution in [1.82, 2.24) is 0 Å². The molecule has 0 saturated heterocycles. The molecule has 0 aromatic heterocycles. The highest BCUT2D eigenvalue weighted by Gasteiger charge is 2.51. The third-order valence-corrected chi connectivity index (χ3v) is 12.6. The lowest BCUT2D eigenvalue weighted by molar-refractivity contribution is 0.130. The van der Waals surface area contributed by atoms with Crippen molar-refractivity contribution in [2.75, 3.05) is 5.32 Å². The second-order valence-electron chi connectivity index (χ2n) is 10.8. The summed E-state index contributed by atoms with van der Waals surface area (Å²) in [6.07, 6.45) is 4.07. The van der Waals surface area contributed by atoms with E-state index in [1.54, 1.807) is 0 Å². The van der Waals surface area contributed by atoms with Crippen molar-refractivity contribution in [2.24, 2.45) is 5.92 Å². The van der Waals surface area contributed by atoms with Gasteiger partial charge in [0.2, 0.25) is 0 Å². The Labute approximate surface area is 216 Å². The Morgan fingerprint density at radius 1 is 0.943 bits per heavy atom. The van der Waals surface area contributed by atoms with Crippen molar-refractivity contribution in [3.05, 3.63) is 89.4 Å². The van der Waals surface area contributed by atoms with Crippen LogP contribution < -0.4 is 15.7 Å². The van der Waals surface area contributed by atoms with E-state index >= 15 is 0 Å². The molecule has 0 bridgehead atoms. The summed E-state index contributed by atoms with van der Waals surface area (Å²) in [4.78, 5) is 0. The second-order valence-corrected chi connectivity index (χ2v) is 15.5. The van der Waals surface area contributed by atoms with E-state index in [0.717, 1.165) is 36.9 Å². The van der Waals surface area contributed by atoms with Gasteiger partial charge in [0.1, 0.15) is 5.84 Å². The summed E-state index contributed by atoms with van der Waals surface area (Å²) in [5, 5.41) is 15.5. The van der Waals surface area contributed by atoms with Crippen LogP contribution in [0.5, 0.6) is 0 Å². The van der Waals surface area contributed by atoms with Crippen molar-refractivity contribution < 1.29 is 4.43 Å². The topological polar surface area (TPSA) is 45.1 Å². The molecule has 2 unspecified atom stereocenters. The molecule has 2 atom stereocenters. The van der Waals surface area contributed by atoms with Gasteiger partial charge in [0.25, 0.3) is 8.32 Å². The van der Waals surface area contributed by atoms with Crippen molar-refractivity contribution >= 4 is 41.8 Å². The Bertz CT molecular complexity index is 1100. The highest BCUT2D eigenvalue weighted by molar-refractivity contribution is 6.99. The second kappa shape index (κ2) is 10.7. The van der Waals surface area contributed by atoms with Gasteiger partial charge >= 0.3 is 0 Å². The first-order valence-corrected chi connectivity index (χ1v) is 14.9.